The van der Waals surface area contributed by atoms with Gasteiger partial charge in [0.05, 0.1) is 17.0 Å². The molecule has 0 aliphatic carbocycles. The van der Waals surface area contributed by atoms with Gasteiger partial charge in [0, 0.05) is 23.7 Å². The number of thioether (sulfide) groups is 1. The second kappa shape index (κ2) is 11.0. The van der Waals surface area contributed by atoms with E-state index in [1.54, 1.807) is 11.8 Å². The van der Waals surface area contributed by atoms with Crippen LogP contribution in [0.25, 0.3) is 10.8 Å². The van der Waals surface area contributed by atoms with Gasteiger partial charge < -0.3 is 14.8 Å². The molecule has 2 aromatic rings. The highest BCUT2D eigenvalue weighted by atomic mass is 35.5. The number of carbonyl (C=O) groups excluding carboxylic acids is 1. The first-order valence-electron chi connectivity index (χ1n) is 11.4. The summed E-state index contributed by atoms with van der Waals surface area (Å²) in [6.45, 7) is 12.9. The number of fused-ring (bicyclic) bond motifs is 1. The average molecular weight is 479 g/mol. The van der Waals surface area contributed by atoms with Gasteiger partial charge in [0.1, 0.15) is 11.4 Å². The van der Waals surface area contributed by atoms with Crippen molar-refractivity contribution in [1.29, 1.82) is 0 Å². The predicted molar refractivity (Wildman–Crippen MR) is 135 cm³/mol. The standard InChI is InChI=1S/C25H35ClN2O3S/c1-6-30-23-20-12-8-7-11-19(20)18(14-21(23)26)15-28-13-9-10-17(2)32-22(16-28)27-24(29)31-25(3,4)5/h7-8,11-12,14,17,22H,6,9-10,13,15-16H2,1-5H3,(H,27,29). The third-order valence-corrected chi connectivity index (χ3v) is 6.88. The number of carbonyl (C=O) groups is 1. The number of benzene rings is 2. The zero-order valence-corrected chi connectivity index (χ0v) is 21.3. The van der Waals surface area contributed by atoms with Crippen molar-refractivity contribution >= 4 is 40.2 Å². The highest BCUT2D eigenvalue weighted by molar-refractivity contribution is 8.00. The van der Waals surface area contributed by atoms with Crippen LogP contribution in [0.5, 0.6) is 5.75 Å². The summed E-state index contributed by atoms with van der Waals surface area (Å²) in [5.74, 6) is 0.745. The van der Waals surface area contributed by atoms with Crippen LogP contribution in [0, 0.1) is 0 Å². The Morgan fingerprint density at radius 3 is 2.69 bits per heavy atom. The molecule has 5 nitrogen and oxygen atoms in total. The van der Waals surface area contributed by atoms with E-state index >= 15 is 0 Å². The molecule has 1 fully saturated rings. The highest BCUT2D eigenvalue weighted by Gasteiger charge is 2.25. The second-order valence-electron chi connectivity index (χ2n) is 9.28. The van der Waals surface area contributed by atoms with Gasteiger partial charge in [-0.15, -0.1) is 11.8 Å². The van der Waals surface area contributed by atoms with Gasteiger partial charge in [-0.2, -0.15) is 0 Å². The van der Waals surface area contributed by atoms with Crippen molar-refractivity contribution < 1.29 is 14.3 Å². The van der Waals surface area contributed by atoms with Crippen LogP contribution in [0.2, 0.25) is 5.02 Å². The van der Waals surface area contributed by atoms with E-state index in [1.807, 2.05) is 45.9 Å². The van der Waals surface area contributed by atoms with Gasteiger partial charge in [-0.1, -0.05) is 42.8 Å². The molecule has 1 heterocycles. The van der Waals surface area contributed by atoms with Crippen LogP contribution in [-0.2, 0) is 11.3 Å². The average Bonchev–Trinajstić information content (AvgIpc) is 2.68. The van der Waals surface area contributed by atoms with E-state index in [0.29, 0.717) is 16.9 Å². The van der Waals surface area contributed by atoms with Crippen LogP contribution in [0.3, 0.4) is 0 Å². The minimum absolute atomic E-state index is 0.0374. The molecular formula is C25H35ClN2O3S. The van der Waals surface area contributed by atoms with Crippen molar-refractivity contribution in [2.45, 2.75) is 70.2 Å². The fraction of sp³-hybridized carbons (Fsp3) is 0.560. The molecule has 32 heavy (non-hydrogen) atoms. The minimum atomic E-state index is -0.514. The lowest BCUT2D eigenvalue weighted by Crippen LogP contribution is -2.45. The Morgan fingerprint density at radius 2 is 2.00 bits per heavy atom. The number of halogens is 1. The van der Waals surface area contributed by atoms with Crippen molar-refractivity contribution in [1.82, 2.24) is 10.2 Å². The van der Waals surface area contributed by atoms with Crippen LogP contribution in [0.4, 0.5) is 4.79 Å². The molecule has 0 saturated carbocycles. The van der Waals surface area contributed by atoms with Crippen molar-refractivity contribution in [2.24, 2.45) is 0 Å². The van der Waals surface area contributed by atoms with Crippen LogP contribution in [0.1, 0.15) is 53.0 Å². The van der Waals surface area contributed by atoms with Crippen molar-refractivity contribution in [3.8, 4) is 5.75 Å². The third kappa shape index (κ3) is 6.93. The molecule has 3 rings (SSSR count). The summed E-state index contributed by atoms with van der Waals surface area (Å²) >= 11 is 8.43. The number of amides is 1. The number of ether oxygens (including phenoxy) is 2. The lowest BCUT2D eigenvalue weighted by atomic mass is 10.0. The minimum Gasteiger partial charge on any atom is -0.492 e. The topological polar surface area (TPSA) is 50.8 Å². The van der Waals surface area contributed by atoms with E-state index < -0.39 is 5.60 Å². The summed E-state index contributed by atoms with van der Waals surface area (Å²) in [4.78, 5) is 14.8. The van der Waals surface area contributed by atoms with E-state index in [9.17, 15) is 4.79 Å². The number of alkyl carbamates (subject to hydrolysis) is 1. The van der Waals surface area contributed by atoms with E-state index in [-0.39, 0.29) is 11.5 Å². The van der Waals surface area contributed by atoms with Gasteiger partial charge in [0.15, 0.2) is 0 Å². The smallest absolute Gasteiger partial charge is 0.408 e. The van der Waals surface area contributed by atoms with Crippen LogP contribution >= 0.6 is 23.4 Å². The fourth-order valence-corrected chi connectivity index (χ4v) is 5.64. The third-order valence-electron chi connectivity index (χ3n) is 5.30. The molecule has 1 aliphatic rings. The lowest BCUT2D eigenvalue weighted by Gasteiger charge is -2.33. The van der Waals surface area contributed by atoms with E-state index in [0.717, 1.165) is 49.0 Å². The maximum Gasteiger partial charge on any atom is 0.408 e. The largest absolute Gasteiger partial charge is 0.492 e. The molecule has 176 valence electrons. The number of hydrogen-bond donors (Lipinski definition) is 1. The molecule has 0 aromatic heterocycles. The summed E-state index contributed by atoms with van der Waals surface area (Å²) in [5, 5.41) is 6.35. The molecule has 1 N–H and O–H groups in total. The maximum atomic E-state index is 12.4. The van der Waals surface area contributed by atoms with E-state index in [4.69, 9.17) is 21.1 Å². The van der Waals surface area contributed by atoms with Crippen molar-refractivity contribution in [3.05, 3.63) is 40.9 Å². The van der Waals surface area contributed by atoms with Gasteiger partial charge in [0.25, 0.3) is 0 Å². The molecule has 0 spiro atoms. The molecular weight excluding hydrogens is 444 g/mol. The number of nitrogens with one attached hydrogen (secondary N) is 1. The molecule has 0 bridgehead atoms. The van der Waals surface area contributed by atoms with Gasteiger partial charge in [-0.05, 0) is 64.1 Å². The summed E-state index contributed by atoms with van der Waals surface area (Å²) in [7, 11) is 0. The van der Waals surface area contributed by atoms with E-state index in [1.165, 1.54) is 5.56 Å². The Hall–Kier alpha value is -1.63. The Morgan fingerprint density at radius 1 is 1.28 bits per heavy atom. The first kappa shape index (κ1) is 25.0. The lowest BCUT2D eigenvalue weighted by molar-refractivity contribution is 0.0513. The Kier molecular flexibility index (Phi) is 8.59. The second-order valence-corrected chi connectivity index (χ2v) is 11.3. The van der Waals surface area contributed by atoms with Gasteiger partial charge in [-0.25, -0.2) is 4.79 Å². The molecule has 1 aliphatic heterocycles. The summed E-state index contributed by atoms with van der Waals surface area (Å²) < 4.78 is 11.3. The van der Waals surface area contributed by atoms with Crippen LogP contribution in [0.15, 0.2) is 30.3 Å². The Bertz CT molecular complexity index is 931. The zero-order valence-electron chi connectivity index (χ0n) is 19.7. The summed E-state index contributed by atoms with van der Waals surface area (Å²) in [5.41, 5.74) is 0.656. The normalized spacial score (nSPS) is 20.4. The van der Waals surface area contributed by atoms with Gasteiger partial charge >= 0.3 is 6.09 Å². The van der Waals surface area contributed by atoms with Crippen molar-refractivity contribution in [2.75, 3.05) is 19.7 Å². The van der Waals surface area contributed by atoms with Crippen LogP contribution in [-0.4, -0.2) is 46.9 Å². The SMILES string of the molecule is CCOc1c(Cl)cc(CN2CCCC(C)SC(NC(=O)OC(C)(C)C)C2)c2ccccc12. The Balaban J connectivity index is 1.81. The summed E-state index contributed by atoms with van der Waals surface area (Å²) in [6.07, 6.45) is 1.87. The first-order chi connectivity index (χ1) is 15.2. The molecule has 2 unspecified atom stereocenters. The molecule has 1 amide bonds. The summed E-state index contributed by atoms with van der Waals surface area (Å²) in [6, 6.07) is 10.3. The van der Waals surface area contributed by atoms with Crippen LogP contribution < -0.4 is 10.1 Å². The first-order valence-corrected chi connectivity index (χ1v) is 12.7. The molecule has 1 saturated heterocycles. The number of nitrogens with zero attached hydrogens (tertiary/aromatic N) is 1. The number of rotatable bonds is 5. The van der Waals surface area contributed by atoms with Gasteiger partial charge in [-0.3, -0.25) is 4.90 Å². The molecule has 2 aromatic carbocycles. The maximum absolute atomic E-state index is 12.4. The predicted octanol–water partition coefficient (Wildman–Crippen LogP) is 6.46. The highest BCUT2D eigenvalue weighted by Crippen LogP contribution is 2.37. The van der Waals surface area contributed by atoms with Gasteiger partial charge in [0.2, 0.25) is 0 Å². The van der Waals surface area contributed by atoms with E-state index in [2.05, 4.69) is 29.3 Å². The fourth-order valence-electron chi connectivity index (χ4n) is 4.03. The molecule has 2 atom stereocenters. The monoisotopic (exact) mass is 478 g/mol. The van der Waals surface area contributed by atoms with Crippen molar-refractivity contribution in [3.63, 3.8) is 0 Å². The Labute approximate surface area is 201 Å². The molecule has 7 heteroatoms. The number of hydrogen-bond acceptors (Lipinski definition) is 5. The molecule has 0 radical (unpaired) electrons. The zero-order chi connectivity index (χ0) is 23.3. The quantitative estimate of drug-likeness (QED) is 0.534.